The van der Waals surface area contributed by atoms with E-state index in [0.29, 0.717) is 11.6 Å². The van der Waals surface area contributed by atoms with Gasteiger partial charge in [0.2, 0.25) is 5.95 Å². The zero-order valence-electron chi connectivity index (χ0n) is 10.6. The van der Waals surface area contributed by atoms with Gasteiger partial charge in [0.1, 0.15) is 11.6 Å². The predicted octanol–water partition coefficient (Wildman–Crippen LogP) is 2.58. The van der Waals surface area contributed by atoms with Crippen molar-refractivity contribution in [1.29, 1.82) is 0 Å². The molecule has 1 aliphatic rings. The highest BCUT2D eigenvalue weighted by molar-refractivity contribution is 5.52. The van der Waals surface area contributed by atoms with Crippen molar-refractivity contribution in [2.75, 3.05) is 11.9 Å². The van der Waals surface area contributed by atoms with Crippen LogP contribution in [0.3, 0.4) is 0 Å². The molecule has 0 amide bonds. The van der Waals surface area contributed by atoms with Gasteiger partial charge >= 0.3 is 0 Å². The van der Waals surface area contributed by atoms with Gasteiger partial charge in [-0.1, -0.05) is 6.07 Å². The molecule has 6 heteroatoms. The third-order valence-corrected chi connectivity index (χ3v) is 3.31. The Kier molecular flexibility index (Phi) is 3.16. The SMILES string of the molecule is CC1OCCC1c1nc(Nc2cccc(F)c2)n[nH]1. The lowest BCUT2D eigenvalue weighted by Crippen LogP contribution is -2.10. The summed E-state index contributed by atoms with van der Waals surface area (Å²) in [6.07, 6.45) is 1.09. The molecule has 100 valence electrons. The van der Waals surface area contributed by atoms with E-state index in [0.717, 1.165) is 18.9 Å². The molecule has 19 heavy (non-hydrogen) atoms. The van der Waals surface area contributed by atoms with Crippen molar-refractivity contribution in [2.45, 2.75) is 25.4 Å². The Morgan fingerprint density at radius 3 is 3.11 bits per heavy atom. The topological polar surface area (TPSA) is 62.8 Å². The Balaban J connectivity index is 1.74. The second-order valence-electron chi connectivity index (χ2n) is 4.65. The zero-order chi connectivity index (χ0) is 13.2. The molecule has 2 unspecified atom stereocenters. The number of benzene rings is 1. The van der Waals surface area contributed by atoms with Crippen LogP contribution >= 0.6 is 0 Å². The molecule has 5 nitrogen and oxygen atoms in total. The average molecular weight is 262 g/mol. The minimum atomic E-state index is -0.293. The smallest absolute Gasteiger partial charge is 0.246 e. The highest BCUT2D eigenvalue weighted by Crippen LogP contribution is 2.29. The van der Waals surface area contributed by atoms with Gasteiger partial charge in [-0.25, -0.2) is 4.39 Å². The number of nitrogens with zero attached hydrogens (tertiary/aromatic N) is 2. The monoisotopic (exact) mass is 262 g/mol. The highest BCUT2D eigenvalue weighted by atomic mass is 19.1. The van der Waals surface area contributed by atoms with Crippen LogP contribution in [0.4, 0.5) is 16.0 Å². The molecular formula is C13H15FN4O. The molecule has 1 saturated heterocycles. The number of aromatic amines is 1. The van der Waals surface area contributed by atoms with E-state index in [1.165, 1.54) is 12.1 Å². The number of anilines is 2. The zero-order valence-corrected chi connectivity index (χ0v) is 10.6. The number of ether oxygens (including phenoxy) is 1. The molecule has 1 fully saturated rings. The van der Waals surface area contributed by atoms with E-state index in [4.69, 9.17) is 4.74 Å². The first-order chi connectivity index (χ1) is 9.22. The predicted molar refractivity (Wildman–Crippen MR) is 68.8 cm³/mol. The molecule has 0 radical (unpaired) electrons. The number of nitrogens with one attached hydrogen (secondary N) is 2. The Morgan fingerprint density at radius 1 is 1.47 bits per heavy atom. The molecule has 3 rings (SSSR count). The van der Waals surface area contributed by atoms with Crippen molar-refractivity contribution in [3.63, 3.8) is 0 Å². The molecule has 0 spiro atoms. The molecule has 2 aromatic rings. The molecule has 1 aliphatic heterocycles. The second kappa shape index (κ2) is 4.97. The number of H-pyrrole nitrogens is 1. The third kappa shape index (κ3) is 2.58. The van der Waals surface area contributed by atoms with E-state index >= 15 is 0 Å². The molecule has 2 N–H and O–H groups in total. The maximum atomic E-state index is 13.1. The lowest BCUT2D eigenvalue weighted by atomic mass is 10.0. The fourth-order valence-electron chi connectivity index (χ4n) is 2.28. The van der Waals surface area contributed by atoms with Crippen LogP contribution in [0.25, 0.3) is 0 Å². The minimum Gasteiger partial charge on any atom is -0.378 e. The van der Waals surface area contributed by atoms with Crippen LogP contribution in [-0.2, 0) is 4.74 Å². The Labute approximate surface area is 110 Å². The fraction of sp³-hybridized carbons (Fsp3) is 0.385. The van der Waals surface area contributed by atoms with E-state index < -0.39 is 0 Å². The van der Waals surface area contributed by atoms with Gasteiger partial charge in [-0.3, -0.25) is 5.10 Å². The third-order valence-electron chi connectivity index (χ3n) is 3.31. The Morgan fingerprint density at radius 2 is 2.37 bits per heavy atom. The lowest BCUT2D eigenvalue weighted by molar-refractivity contribution is 0.117. The van der Waals surface area contributed by atoms with E-state index in [9.17, 15) is 4.39 Å². The van der Waals surface area contributed by atoms with Crippen molar-refractivity contribution in [1.82, 2.24) is 15.2 Å². The van der Waals surface area contributed by atoms with Gasteiger partial charge in [0, 0.05) is 18.2 Å². The minimum absolute atomic E-state index is 0.148. The van der Waals surface area contributed by atoms with Crippen LogP contribution in [0, 0.1) is 5.82 Å². The summed E-state index contributed by atoms with van der Waals surface area (Å²) in [6, 6.07) is 6.20. The van der Waals surface area contributed by atoms with Gasteiger partial charge in [-0.05, 0) is 31.5 Å². The van der Waals surface area contributed by atoms with Crippen LogP contribution in [0.5, 0.6) is 0 Å². The van der Waals surface area contributed by atoms with Crippen molar-refractivity contribution < 1.29 is 9.13 Å². The second-order valence-corrected chi connectivity index (χ2v) is 4.65. The fourth-order valence-corrected chi connectivity index (χ4v) is 2.28. The number of rotatable bonds is 3. The first kappa shape index (κ1) is 12.1. The van der Waals surface area contributed by atoms with Crippen LogP contribution in [0.1, 0.15) is 25.1 Å². The Bertz CT molecular complexity index is 571. The molecule has 2 heterocycles. The van der Waals surface area contributed by atoms with Crippen molar-refractivity contribution in [3.8, 4) is 0 Å². The van der Waals surface area contributed by atoms with Gasteiger partial charge in [0.25, 0.3) is 0 Å². The summed E-state index contributed by atoms with van der Waals surface area (Å²) in [5.41, 5.74) is 0.626. The molecule has 2 atom stereocenters. The first-order valence-electron chi connectivity index (χ1n) is 6.29. The van der Waals surface area contributed by atoms with Crippen LogP contribution < -0.4 is 5.32 Å². The normalized spacial score (nSPS) is 22.6. The molecule has 0 aliphatic carbocycles. The largest absolute Gasteiger partial charge is 0.378 e. The van der Waals surface area contributed by atoms with E-state index in [1.54, 1.807) is 12.1 Å². The number of hydrogen-bond acceptors (Lipinski definition) is 4. The highest BCUT2D eigenvalue weighted by Gasteiger charge is 2.28. The molecule has 1 aromatic carbocycles. The molecule has 0 saturated carbocycles. The van der Waals surface area contributed by atoms with Gasteiger partial charge in [0.15, 0.2) is 0 Å². The summed E-state index contributed by atoms with van der Waals surface area (Å²) in [4.78, 5) is 4.39. The number of halogens is 1. The van der Waals surface area contributed by atoms with Crippen molar-refractivity contribution in [2.24, 2.45) is 0 Å². The number of aromatic nitrogens is 3. The summed E-state index contributed by atoms with van der Waals surface area (Å²) >= 11 is 0. The lowest BCUT2D eigenvalue weighted by Gasteiger charge is -2.09. The maximum Gasteiger partial charge on any atom is 0.246 e. The summed E-state index contributed by atoms with van der Waals surface area (Å²) in [7, 11) is 0. The van der Waals surface area contributed by atoms with Gasteiger partial charge in [-0.15, -0.1) is 5.10 Å². The van der Waals surface area contributed by atoms with Crippen molar-refractivity contribution in [3.05, 3.63) is 35.9 Å². The van der Waals surface area contributed by atoms with Gasteiger partial charge in [-0.2, -0.15) is 4.98 Å². The summed E-state index contributed by atoms with van der Waals surface area (Å²) in [5, 5.41) is 9.98. The van der Waals surface area contributed by atoms with Crippen molar-refractivity contribution >= 4 is 11.6 Å². The summed E-state index contributed by atoms with van der Waals surface area (Å²) < 4.78 is 18.6. The molecular weight excluding hydrogens is 247 g/mol. The standard InChI is InChI=1S/C13H15FN4O/c1-8-11(5-6-19-8)12-16-13(18-17-12)15-10-4-2-3-9(14)7-10/h2-4,7-8,11H,5-6H2,1H3,(H2,15,16,17,18). The van der Waals surface area contributed by atoms with Crippen LogP contribution in [-0.4, -0.2) is 27.9 Å². The number of hydrogen-bond donors (Lipinski definition) is 2. The van der Waals surface area contributed by atoms with E-state index in [2.05, 4.69) is 20.5 Å². The summed E-state index contributed by atoms with van der Waals surface area (Å²) in [6.45, 7) is 2.78. The Hall–Kier alpha value is -1.95. The van der Waals surface area contributed by atoms with E-state index in [1.807, 2.05) is 6.92 Å². The van der Waals surface area contributed by atoms with Crippen LogP contribution in [0.15, 0.2) is 24.3 Å². The quantitative estimate of drug-likeness (QED) is 0.892. The van der Waals surface area contributed by atoms with Crippen LogP contribution in [0.2, 0.25) is 0 Å². The summed E-state index contributed by atoms with van der Waals surface area (Å²) in [5.74, 6) is 1.21. The first-order valence-corrected chi connectivity index (χ1v) is 6.29. The van der Waals surface area contributed by atoms with Gasteiger partial charge < -0.3 is 10.1 Å². The van der Waals surface area contributed by atoms with E-state index in [-0.39, 0.29) is 17.8 Å². The van der Waals surface area contributed by atoms with Gasteiger partial charge in [0.05, 0.1) is 6.10 Å². The average Bonchev–Trinajstić information content (AvgIpc) is 2.98. The molecule has 1 aromatic heterocycles. The maximum absolute atomic E-state index is 13.1. The molecule has 0 bridgehead atoms.